The third-order valence-corrected chi connectivity index (χ3v) is 4.90. The first-order valence-corrected chi connectivity index (χ1v) is 8.08. The van der Waals surface area contributed by atoms with Crippen LogP contribution in [-0.4, -0.2) is 22.5 Å². The lowest BCUT2D eigenvalue weighted by atomic mass is 10.3. The highest BCUT2D eigenvalue weighted by atomic mass is 32.2. The molecule has 1 fully saturated rings. The predicted molar refractivity (Wildman–Crippen MR) is 73.4 cm³/mol. The summed E-state index contributed by atoms with van der Waals surface area (Å²) < 4.78 is 0. The first kappa shape index (κ1) is 12.4. The van der Waals surface area contributed by atoms with E-state index in [0.717, 1.165) is 12.5 Å². The van der Waals surface area contributed by atoms with Crippen LogP contribution in [0.2, 0.25) is 0 Å². The second-order valence-electron chi connectivity index (χ2n) is 4.39. The molecular formula is C12H20N2S2. The highest BCUT2D eigenvalue weighted by molar-refractivity contribution is 7.99. The molecule has 0 saturated heterocycles. The number of nitrogens with zero attached hydrogens (tertiary/aromatic N) is 1. The molecule has 0 amide bonds. The molecule has 1 saturated carbocycles. The molecule has 1 heterocycles. The Hall–Kier alpha value is -0.0600. The summed E-state index contributed by atoms with van der Waals surface area (Å²) in [6.45, 7) is 5.38. The van der Waals surface area contributed by atoms with Gasteiger partial charge in [-0.05, 0) is 25.5 Å². The minimum atomic E-state index is 0.580. The number of aromatic nitrogens is 1. The van der Waals surface area contributed by atoms with E-state index in [-0.39, 0.29) is 0 Å². The molecular weight excluding hydrogens is 236 g/mol. The van der Waals surface area contributed by atoms with Crippen molar-refractivity contribution in [3.8, 4) is 0 Å². The molecule has 1 N–H and O–H groups in total. The summed E-state index contributed by atoms with van der Waals surface area (Å²) in [5, 5.41) is 7.09. The molecule has 1 atom stereocenters. The van der Waals surface area contributed by atoms with Crippen molar-refractivity contribution >= 4 is 23.1 Å². The van der Waals surface area contributed by atoms with Gasteiger partial charge in [-0.3, -0.25) is 0 Å². The summed E-state index contributed by atoms with van der Waals surface area (Å²) in [5.41, 5.74) is 1.22. The van der Waals surface area contributed by atoms with E-state index in [2.05, 4.69) is 29.5 Å². The highest BCUT2D eigenvalue weighted by Gasteiger charge is 2.26. The average Bonchev–Trinajstić information content (AvgIpc) is 3.03. The van der Waals surface area contributed by atoms with E-state index >= 15 is 0 Å². The average molecular weight is 256 g/mol. The Morgan fingerprint density at radius 3 is 3.12 bits per heavy atom. The van der Waals surface area contributed by atoms with Gasteiger partial charge in [0.1, 0.15) is 0 Å². The Morgan fingerprint density at radius 1 is 1.62 bits per heavy atom. The van der Waals surface area contributed by atoms with Gasteiger partial charge in [-0.15, -0.1) is 11.3 Å². The van der Waals surface area contributed by atoms with Crippen molar-refractivity contribution in [3.63, 3.8) is 0 Å². The summed E-state index contributed by atoms with van der Waals surface area (Å²) in [6, 6.07) is 0.580. The van der Waals surface area contributed by atoms with E-state index in [1.165, 1.54) is 35.0 Å². The maximum atomic E-state index is 4.67. The quantitative estimate of drug-likeness (QED) is 0.810. The molecule has 1 aromatic rings. The van der Waals surface area contributed by atoms with Crippen molar-refractivity contribution in [1.82, 2.24) is 10.3 Å². The van der Waals surface area contributed by atoms with Gasteiger partial charge in [0.05, 0.1) is 10.7 Å². The van der Waals surface area contributed by atoms with Crippen LogP contribution < -0.4 is 5.32 Å². The lowest BCUT2D eigenvalue weighted by Gasteiger charge is -2.11. The SMILES string of the molecule is CCSCC(C)NCc1csc(C2CC2)n1. The van der Waals surface area contributed by atoms with Crippen molar-refractivity contribution in [2.24, 2.45) is 0 Å². The van der Waals surface area contributed by atoms with Gasteiger partial charge < -0.3 is 5.32 Å². The van der Waals surface area contributed by atoms with Crippen LogP contribution in [0.25, 0.3) is 0 Å². The molecule has 1 aliphatic carbocycles. The zero-order valence-electron chi connectivity index (χ0n) is 10.0. The predicted octanol–water partition coefficient (Wildman–Crippen LogP) is 3.25. The Labute approximate surface area is 106 Å². The maximum Gasteiger partial charge on any atom is 0.0959 e. The Bertz CT molecular complexity index is 321. The smallest absolute Gasteiger partial charge is 0.0959 e. The Balaban J connectivity index is 1.71. The molecule has 0 aliphatic heterocycles. The van der Waals surface area contributed by atoms with E-state index in [1.54, 1.807) is 0 Å². The minimum absolute atomic E-state index is 0.580. The van der Waals surface area contributed by atoms with Crippen molar-refractivity contribution in [2.75, 3.05) is 11.5 Å². The first-order chi connectivity index (χ1) is 7.79. The molecule has 1 aromatic heterocycles. The molecule has 0 spiro atoms. The van der Waals surface area contributed by atoms with Gasteiger partial charge in [0.2, 0.25) is 0 Å². The summed E-state index contributed by atoms with van der Waals surface area (Å²) in [7, 11) is 0. The van der Waals surface area contributed by atoms with Crippen LogP contribution in [0.1, 0.15) is 43.3 Å². The number of hydrogen-bond donors (Lipinski definition) is 1. The lowest BCUT2D eigenvalue weighted by molar-refractivity contribution is 0.589. The van der Waals surface area contributed by atoms with Crippen LogP contribution >= 0.6 is 23.1 Å². The molecule has 4 heteroatoms. The number of nitrogens with one attached hydrogen (secondary N) is 1. The maximum absolute atomic E-state index is 4.67. The molecule has 2 nitrogen and oxygen atoms in total. The molecule has 1 unspecified atom stereocenters. The molecule has 2 rings (SSSR count). The van der Waals surface area contributed by atoms with E-state index in [9.17, 15) is 0 Å². The van der Waals surface area contributed by atoms with Gasteiger partial charge in [0.15, 0.2) is 0 Å². The van der Waals surface area contributed by atoms with Crippen molar-refractivity contribution in [3.05, 3.63) is 16.1 Å². The van der Waals surface area contributed by atoms with Gasteiger partial charge in [-0.1, -0.05) is 6.92 Å². The second kappa shape index (κ2) is 6.03. The fourth-order valence-corrected chi connectivity index (χ4v) is 3.25. The summed E-state index contributed by atoms with van der Waals surface area (Å²) in [6.07, 6.45) is 2.70. The van der Waals surface area contributed by atoms with Crippen molar-refractivity contribution < 1.29 is 0 Å². The third kappa shape index (κ3) is 3.75. The lowest BCUT2D eigenvalue weighted by Crippen LogP contribution is -2.27. The van der Waals surface area contributed by atoms with E-state index in [1.807, 2.05) is 23.1 Å². The van der Waals surface area contributed by atoms with Gasteiger partial charge in [-0.25, -0.2) is 4.98 Å². The van der Waals surface area contributed by atoms with Crippen LogP contribution in [-0.2, 0) is 6.54 Å². The molecule has 0 bridgehead atoms. The molecule has 16 heavy (non-hydrogen) atoms. The topological polar surface area (TPSA) is 24.9 Å². The highest BCUT2D eigenvalue weighted by Crippen LogP contribution is 2.41. The molecule has 1 aliphatic rings. The van der Waals surface area contributed by atoms with E-state index in [0.29, 0.717) is 6.04 Å². The summed E-state index contributed by atoms with van der Waals surface area (Å²) in [5.74, 6) is 3.19. The number of rotatable bonds is 7. The summed E-state index contributed by atoms with van der Waals surface area (Å²) >= 11 is 3.82. The Kier molecular flexibility index (Phi) is 4.67. The normalized spacial score (nSPS) is 17.6. The van der Waals surface area contributed by atoms with Crippen molar-refractivity contribution in [2.45, 2.75) is 45.2 Å². The standard InChI is InChI=1S/C12H20N2S2/c1-3-15-7-9(2)13-6-11-8-16-12(14-11)10-4-5-10/h8-10,13H,3-7H2,1-2H3. The largest absolute Gasteiger partial charge is 0.308 e. The van der Waals surface area contributed by atoms with Crippen LogP contribution in [0.3, 0.4) is 0 Å². The number of hydrogen-bond acceptors (Lipinski definition) is 4. The van der Waals surface area contributed by atoms with Crippen LogP contribution in [0.15, 0.2) is 5.38 Å². The Morgan fingerprint density at radius 2 is 2.44 bits per heavy atom. The zero-order valence-corrected chi connectivity index (χ0v) is 11.7. The van der Waals surface area contributed by atoms with Crippen LogP contribution in [0.5, 0.6) is 0 Å². The minimum Gasteiger partial charge on any atom is -0.308 e. The zero-order chi connectivity index (χ0) is 11.4. The van der Waals surface area contributed by atoms with E-state index in [4.69, 9.17) is 0 Å². The van der Waals surface area contributed by atoms with E-state index < -0.39 is 0 Å². The van der Waals surface area contributed by atoms with Gasteiger partial charge in [0.25, 0.3) is 0 Å². The van der Waals surface area contributed by atoms with Gasteiger partial charge >= 0.3 is 0 Å². The third-order valence-electron chi connectivity index (χ3n) is 2.70. The fourth-order valence-electron chi connectivity index (χ4n) is 1.55. The molecule has 0 radical (unpaired) electrons. The fraction of sp³-hybridized carbons (Fsp3) is 0.750. The first-order valence-electron chi connectivity index (χ1n) is 6.05. The summed E-state index contributed by atoms with van der Waals surface area (Å²) in [4.78, 5) is 4.67. The van der Waals surface area contributed by atoms with Crippen LogP contribution in [0.4, 0.5) is 0 Å². The monoisotopic (exact) mass is 256 g/mol. The number of thiazole rings is 1. The molecule has 90 valence electrons. The number of thioether (sulfide) groups is 1. The molecule has 0 aromatic carbocycles. The van der Waals surface area contributed by atoms with Gasteiger partial charge in [0, 0.05) is 29.6 Å². The van der Waals surface area contributed by atoms with Crippen molar-refractivity contribution in [1.29, 1.82) is 0 Å². The second-order valence-corrected chi connectivity index (χ2v) is 6.60. The van der Waals surface area contributed by atoms with Crippen LogP contribution in [0, 0.1) is 0 Å². The van der Waals surface area contributed by atoms with Gasteiger partial charge in [-0.2, -0.15) is 11.8 Å².